The fourth-order valence-electron chi connectivity index (χ4n) is 2.83. The highest BCUT2D eigenvalue weighted by atomic mass is 32.1. The standard InChI is InChI=1S/C22H23N3O4S/c1-3-29-22(27)24-18(15-7-5-4-6-8-15)13-20(26)25-21-23-19(14-30-21)16-9-11-17(28-2)12-10-16/h4-12,14,18H,3,13H2,1-2H3,(H,24,27)(H,23,25,26)/t18-/m0/s1. The first kappa shape index (κ1) is 21.3. The second kappa shape index (κ2) is 10.4. The predicted octanol–water partition coefficient (Wildman–Crippen LogP) is 4.63. The maximum Gasteiger partial charge on any atom is 0.407 e. The maximum absolute atomic E-state index is 12.6. The molecule has 0 fully saturated rings. The molecule has 0 bridgehead atoms. The number of benzene rings is 2. The number of alkyl carbamates (subject to hydrolysis) is 1. The van der Waals surface area contributed by atoms with E-state index in [2.05, 4.69) is 15.6 Å². The molecule has 30 heavy (non-hydrogen) atoms. The number of thiazole rings is 1. The van der Waals surface area contributed by atoms with Gasteiger partial charge >= 0.3 is 6.09 Å². The zero-order chi connectivity index (χ0) is 21.3. The molecule has 0 spiro atoms. The van der Waals surface area contributed by atoms with Crippen molar-refractivity contribution in [1.29, 1.82) is 0 Å². The number of nitrogens with one attached hydrogen (secondary N) is 2. The van der Waals surface area contributed by atoms with E-state index in [1.54, 1.807) is 14.0 Å². The highest BCUT2D eigenvalue weighted by Crippen LogP contribution is 2.27. The van der Waals surface area contributed by atoms with E-state index in [4.69, 9.17) is 9.47 Å². The molecule has 0 aliphatic heterocycles. The Kier molecular flexibility index (Phi) is 7.40. The van der Waals surface area contributed by atoms with Gasteiger partial charge in [0.05, 0.1) is 31.9 Å². The van der Waals surface area contributed by atoms with E-state index in [1.165, 1.54) is 11.3 Å². The van der Waals surface area contributed by atoms with Crippen molar-refractivity contribution in [2.45, 2.75) is 19.4 Å². The number of aromatic nitrogens is 1. The van der Waals surface area contributed by atoms with E-state index < -0.39 is 12.1 Å². The second-order valence-electron chi connectivity index (χ2n) is 6.35. The number of amides is 2. The Bertz CT molecular complexity index is 974. The van der Waals surface area contributed by atoms with Crippen LogP contribution in [0.1, 0.15) is 24.9 Å². The Labute approximate surface area is 179 Å². The van der Waals surface area contributed by atoms with Crippen LogP contribution in [-0.4, -0.2) is 30.7 Å². The van der Waals surface area contributed by atoms with E-state index >= 15 is 0 Å². The van der Waals surface area contributed by atoms with Gasteiger partial charge in [-0.1, -0.05) is 30.3 Å². The summed E-state index contributed by atoms with van der Waals surface area (Å²) in [6, 6.07) is 16.3. The maximum atomic E-state index is 12.6. The molecule has 2 aromatic carbocycles. The summed E-state index contributed by atoms with van der Waals surface area (Å²) < 4.78 is 10.1. The zero-order valence-corrected chi connectivity index (χ0v) is 17.6. The minimum absolute atomic E-state index is 0.0558. The molecule has 0 unspecified atom stereocenters. The zero-order valence-electron chi connectivity index (χ0n) is 16.8. The molecule has 0 saturated heterocycles. The van der Waals surface area contributed by atoms with E-state index in [1.807, 2.05) is 60.0 Å². The smallest absolute Gasteiger partial charge is 0.407 e. The first-order valence-electron chi connectivity index (χ1n) is 9.47. The van der Waals surface area contributed by atoms with Crippen LogP contribution in [0.5, 0.6) is 5.75 Å². The van der Waals surface area contributed by atoms with Crippen molar-refractivity contribution < 1.29 is 19.1 Å². The van der Waals surface area contributed by atoms with Crippen molar-refractivity contribution in [3.8, 4) is 17.0 Å². The molecular formula is C22H23N3O4S. The molecule has 7 nitrogen and oxygen atoms in total. The van der Waals surface area contributed by atoms with Gasteiger partial charge in [-0.05, 0) is 36.8 Å². The summed E-state index contributed by atoms with van der Waals surface area (Å²) in [5.74, 6) is 0.514. The molecule has 1 aromatic heterocycles. The summed E-state index contributed by atoms with van der Waals surface area (Å²) in [7, 11) is 1.62. The van der Waals surface area contributed by atoms with Crippen molar-refractivity contribution in [2.75, 3.05) is 19.0 Å². The van der Waals surface area contributed by atoms with Crippen LogP contribution in [0.2, 0.25) is 0 Å². The molecule has 3 aromatic rings. The summed E-state index contributed by atoms with van der Waals surface area (Å²) in [4.78, 5) is 29.0. The molecule has 0 aliphatic carbocycles. The Morgan fingerprint density at radius 3 is 2.50 bits per heavy atom. The van der Waals surface area contributed by atoms with Gasteiger partial charge in [0.1, 0.15) is 5.75 Å². The van der Waals surface area contributed by atoms with Gasteiger partial charge in [0.15, 0.2) is 5.13 Å². The number of anilines is 1. The number of methoxy groups -OCH3 is 1. The van der Waals surface area contributed by atoms with Crippen molar-refractivity contribution in [1.82, 2.24) is 10.3 Å². The van der Waals surface area contributed by atoms with Crippen LogP contribution in [-0.2, 0) is 9.53 Å². The van der Waals surface area contributed by atoms with Crippen LogP contribution in [0.3, 0.4) is 0 Å². The van der Waals surface area contributed by atoms with Crippen LogP contribution in [0, 0.1) is 0 Å². The van der Waals surface area contributed by atoms with Crippen molar-refractivity contribution in [3.05, 3.63) is 65.5 Å². The van der Waals surface area contributed by atoms with E-state index in [9.17, 15) is 9.59 Å². The summed E-state index contributed by atoms with van der Waals surface area (Å²) in [5, 5.41) is 7.93. The summed E-state index contributed by atoms with van der Waals surface area (Å²) in [6.07, 6.45) is -0.504. The molecule has 1 atom stereocenters. The van der Waals surface area contributed by atoms with Gasteiger partial charge < -0.3 is 20.1 Å². The third-order valence-corrected chi connectivity index (χ3v) is 5.05. The third kappa shape index (κ3) is 5.81. The number of ether oxygens (including phenoxy) is 2. The third-order valence-electron chi connectivity index (χ3n) is 4.30. The lowest BCUT2D eigenvalue weighted by Gasteiger charge is -2.18. The van der Waals surface area contributed by atoms with Gasteiger partial charge in [-0.3, -0.25) is 4.79 Å². The largest absolute Gasteiger partial charge is 0.497 e. The Hall–Kier alpha value is -3.39. The van der Waals surface area contributed by atoms with Crippen LogP contribution in [0.25, 0.3) is 11.3 Å². The number of carbonyl (C=O) groups is 2. The van der Waals surface area contributed by atoms with Crippen molar-refractivity contribution in [3.63, 3.8) is 0 Å². The van der Waals surface area contributed by atoms with E-state index in [0.717, 1.165) is 22.6 Å². The topological polar surface area (TPSA) is 89.5 Å². The van der Waals surface area contributed by atoms with Crippen molar-refractivity contribution in [2.24, 2.45) is 0 Å². The lowest BCUT2D eigenvalue weighted by atomic mass is 10.0. The number of rotatable bonds is 8. The summed E-state index contributed by atoms with van der Waals surface area (Å²) >= 11 is 1.34. The number of nitrogens with zero attached hydrogens (tertiary/aromatic N) is 1. The first-order valence-corrected chi connectivity index (χ1v) is 10.3. The lowest BCUT2D eigenvalue weighted by Crippen LogP contribution is -2.32. The first-order chi connectivity index (χ1) is 14.6. The molecule has 8 heteroatoms. The number of carbonyl (C=O) groups excluding carboxylic acids is 2. The molecule has 156 valence electrons. The second-order valence-corrected chi connectivity index (χ2v) is 7.20. The normalized spacial score (nSPS) is 11.4. The van der Waals surface area contributed by atoms with Gasteiger partial charge in [-0.25, -0.2) is 9.78 Å². The SMILES string of the molecule is CCOC(=O)N[C@@H](CC(=O)Nc1nc(-c2ccc(OC)cc2)cs1)c1ccccc1. The summed E-state index contributed by atoms with van der Waals surface area (Å²) in [6.45, 7) is 1.99. The average molecular weight is 426 g/mol. The van der Waals surface area contributed by atoms with Gasteiger partial charge in [-0.2, -0.15) is 0 Å². The fraction of sp³-hybridized carbons (Fsp3) is 0.227. The van der Waals surface area contributed by atoms with Gasteiger partial charge in [-0.15, -0.1) is 11.3 Å². The van der Waals surface area contributed by atoms with Crippen LogP contribution in [0.15, 0.2) is 60.0 Å². The minimum Gasteiger partial charge on any atom is -0.497 e. The van der Waals surface area contributed by atoms with Crippen LogP contribution < -0.4 is 15.4 Å². The molecule has 2 amide bonds. The molecule has 2 N–H and O–H groups in total. The number of hydrogen-bond donors (Lipinski definition) is 2. The Morgan fingerprint density at radius 2 is 1.83 bits per heavy atom. The predicted molar refractivity (Wildman–Crippen MR) is 117 cm³/mol. The molecule has 3 rings (SSSR count). The molecule has 0 saturated carbocycles. The quantitative estimate of drug-likeness (QED) is 0.549. The average Bonchev–Trinajstić information content (AvgIpc) is 3.22. The lowest BCUT2D eigenvalue weighted by molar-refractivity contribution is -0.116. The minimum atomic E-state index is -0.560. The van der Waals surface area contributed by atoms with Crippen molar-refractivity contribution >= 4 is 28.5 Å². The Morgan fingerprint density at radius 1 is 1.10 bits per heavy atom. The Balaban J connectivity index is 1.66. The van der Waals surface area contributed by atoms with Crippen LogP contribution >= 0.6 is 11.3 Å². The monoisotopic (exact) mass is 425 g/mol. The molecule has 0 aliphatic rings. The molecule has 0 radical (unpaired) electrons. The fourth-order valence-corrected chi connectivity index (χ4v) is 3.57. The van der Waals surface area contributed by atoms with Crippen LogP contribution in [0.4, 0.5) is 9.93 Å². The van der Waals surface area contributed by atoms with E-state index in [-0.39, 0.29) is 18.9 Å². The molecular weight excluding hydrogens is 402 g/mol. The highest BCUT2D eigenvalue weighted by molar-refractivity contribution is 7.14. The molecule has 1 heterocycles. The van der Waals surface area contributed by atoms with Gasteiger partial charge in [0, 0.05) is 10.9 Å². The highest BCUT2D eigenvalue weighted by Gasteiger charge is 2.20. The summed E-state index contributed by atoms with van der Waals surface area (Å²) in [5.41, 5.74) is 2.51. The van der Waals surface area contributed by atoms with Gasteiger partial charge in [0.2, 0.25) is 5.91 Å². The van der Waals surface area contributed by atoms with E-state index in [0.29, 0.717) is 5.13 Å². The number of hydrogen-bond acceptors (Lipinski definition) is 6. The van der Waals surface area contributed by atoms with Gasteiger partial charge in [0.25, 0.3) is 0 Å².